The number of aromatic amines is 1. The number of aromatic nitrogens is 1. The van der Waals surface area contributed by atoms with Crippen molar-refractivity contribution in [3.63, 3.8) is 0 Å². The summed E-state index contributed by atoms with van der Waals surface area (Å²) in [5.41, 5.74) is 3.67. The third-order valence-corrected chi connectivity index (χ3v) is 6.92. The minimum Gasteiger partial charge on any atom is -0.377 e. The first-order valence-corrected chi connectivity index (χ1v) is 13.6. The van der Waals surface area contributed by atoms with Crippen molar-refractivity contribution in [2.45, 2.75) is 50.5 Å². The molecule has 202 valence electrons. The summed E-state index contributed by atoms with van der Waals surface area (Å²) >= 11 is 0. The topological polar surface area (TPSA) is 69.8 Å². The maximum atomic E-state index is 12.3. The lowest BCUT2D eigenvalue weighted by Gasteiger charge is -2.45. The van der Waals surface area contributed by atoms with E-state index in [0.29, 0.717) is 38.5 Å². The third kappa shape index (κ3) is 7.11. The molecular weight excluding hydrogens is 490 g/mol. The van der Waals surface area contributed by atoms with Crippen molar-refractivity contribution in [1.29, 1.82) is 0 Å². The number of nitrogens with one attached hydrogen (secondary N) is 1. The zero-order chi connectivity index (χ0) is 26.8. The van der Waals surface area contributed by atoms with Gasteiger partial charge in [-0.25, -0.2) is 0 Å². The van der Waals surface area contributed by atoms with Crippen LogP contribution in [0.4, 0.5) is 0 Å². The number of H-pyrrole nitrogens is 1. The molecule has 0 aliphatic carbocycles. The van der Waals surface area contributed by atoms with Gasteiger partial charge in [0.15, 0.2) is 5.43 Å². The number of hydrogen-bond acceptors (Lipinski definition) is 5. The Morgan fingerprint density at radius 1 is 0.872 bits per heavy atom. The molecule has 3 atom stereocenters. The smallest absolute Gasteiger partial charge is 0.222 e. The number of rotatable bonds is 12. The zero-order valence-corrected chi connectivity index (χ0v) is 22.0. The molecule has 3 unspecified atom stereocenters. The molecule has 1 saturated heterocycles. The fourth-order valence-corrected chi connectivity index (χ4v) is 4.95. The Bertz CT molecular complexity index is 1330. The lowest BCUT2D eigenvalue weighted by atomic mass is 9.93. The molecule has 1 N–H and O–H groups in total. The molecule has 39 heavy (non-hydrogen) atoms. The van der Waals surface area contributed by atoms with Crippen LogP contribution in [0, 0.1) is 0 Å². The summed E-state index contributed by atoms with van der Waals surface area (Å²) in [6.45, 7) is 1.93. The van der Waals surface area contributed by atoms with E-state index in [0.717, 1.165) is 29.5 Å². The normalized spacial score (nSPS) is 19.9. The fraction of sp³-hybridized carbons (Fsp3) is 0.303. The van der Waals surface area contributed by atoms with Crippen LogP contribution < -0.4 is 5.43 Å². The molecule has 1 aliphatic rings. The molecule has 2 heterocycles. The monoisotopic (exact) mass is 525 g/mol. The lowest BCUT2D eigenvalue weighted by molar-refractivity contribution is -0.339. The average molecular weight is 526 g/mol. The highest BCUT2D eigenvalue weighted by molar-refractivity contribution is 5.24. The SMILES string of the molecule is O=c1cc[nH]c(C(CCOCc2ccccc2)OC2(c3ccccc3)OCCCC2OCc2ccccc2)c1. The molecule has 0 amide bonds. The Morgan fingerprint density at radius 2 is 1.54 bits per heavy atom. The highest BCUT2D eigenvalue weighted by atomic mass is 16.7. The van der Waals surface area contributed by atoms with Gasteiger partial charge in [0.25, 0.3) is 0 Å². The summed E-state index contributed by atoms with van der Waals surface area (Å²) < 4.78 is 26.0. The first-order valence-electron chi connectivity index (χ1n) is 13.6. The Kier molecular flexibility index (Phi) is 9.35. The molecule has 4 aromatic rings. The quantitative estimate of drug-likeness (QED) is 0.220. The average Bonchev–Trinajstić information content (AvgIpc) is 2.99. The van der Waals surface area contributed by atoms with Gasteiger partial charge in [-0.2, -0.15) is 0 Å². The van der Waals surface area contributed by atoms with E-state index in [1.54, 1.807) is 12.3 Å². The van der Waals surface area contributed by atoms with Crippen molar-refractivity contribution in [3.8, 4) is 0 Å². The summed E-state index contributed by atoms with van der Waals surface area (Å²) in [5.74, 6) is -1.15. The van der Waals surface area contributed by atoms with E-state index in [1.807, 2.05) is 78.9 Å². The summed E-state index contributed by atoms with van der Waals surface area (Å²) in [6, 6.07) is 33.2. The van der Waals surface area contributed by atoms with Gasteiger partial charge in [-0.15, -0.1) is 0 Å². The van der Waals surface area contributed by atoms with E-state index in [1.165, 1.54) is 6.07 Å². The molecule has 1 aliphatic heterocycles. The fourth-order valence-electron chi connectivity index (χ4n) is 4.95. The van der Waals surface area contributed by atoms with Crippen LogP contribution in [-0.4, -0.2) is 24.3 Å². The largest absolute Gasteiger partial charge is 0.377 e. The van der Waals surface area contributed by atoms with Gasteiger partial charge in [0.1, 0.15) is 12.2 Å². The number of ether oxygens (including phenoxy) is 4. The van der Waals surface area contributed by atoms with E-state index in [9.17, 15) is 4.79 Å². The van der Waals surface area contributed by atoms with Crippen molar-refractivity contribution < 1.29 is 18.9 Å². The van der Waals surface area contributed by atoms with Gasteiger partial charge in [-0.05, 0) is 24.0 Å². The highest BCUT2D eigenvalue weighted by Crippen LogP contribution is 2.43. The van der Waals surface area contributed by atoms with Crippen LogP contribution >= 0.6 is 0 Å². The van der Waals surface area contributed by atoms with E-state index in [-0.39, 0.29) is 11.5 Å². The van der Waals surface area contributed by atoms with Crippen LogP contribution in [0.5, 0.6) is 0 Å². The second-order valence-electron chi connectivity index (χ2n) is 9.72. The van der Waals surface area contributed by atoms with Crippen LogP contribution in [0.25, 0.3) is 0 Å². The van der Waals surface area contributed by atoms with Gasteiger partial charge in [-0.1, -0.05) is 91.0 Å². The van der Waals surface area contributed by atoms with Crippen molar-refractivity contribution in [2.24, 2.45) is 0 Å². The highest BCUT2D eigenvalue weighted by Gasteiger charge is 2.48. The van der Waals surface area contributed by atoms with Crippen LogP contribution in [0.1, 0.15) is 47.8 Å². The molecule has 0 bridgehead atoms. The van der Waals surface area contributed by atoms with Gasteiger partial charge >= 0.3 is 0 Å². The van der Waals surface area contributed by atoms with Gasteiger partial charge in [0, 0.05) is 42.6 Å². The van der Waals surface area contributed by atoms with E-state index in [4.69, 9.17) is 18.9 Å². The molecular formula is C33H35NO5. The minimum absolute atomic E-state index is 0.0854. The van der Waals surface area contributed by atoms with Crippen molar-refractivity contribution >= 4 is 0 Å². The second kappa shape index (κ2) is 13.5. The minimum atomic E-state index is -1.15. The number of pyridine rings is 1. The molecule has 6 heteroatoms. The van der Waals surface area contributed by atoms with E-state index in [2.05, 4.69) is 17.1 Å². The number of hydrogen-bond donors (Lipinski definition) is 1. The predicted octanol–water partition coefficient (Wildman–Crippen LogP) is 6.29. The van der Waals surface area contributed by atoms with Gasteiger partial charge in [0.05, 0.1) is 19.8 Å². The van der Waals surface area contributed by atoms with Crippen LogP contribution in [0.2, 0.25) is 0 Å². The molecule has 3 aromatic carbocycles. The van der Waals surface area contributed by atoms with Crippen molar-refractivity contribution in [2.75, 3.05) is 13.2 Å². The van der Waals surface area contributed by atoms with Gasteiger partial charge in [0.2, 0.25) is 5.79 Å². The van der Waals surface area contributed by atoms with E-state index >= 15 is 0 Å². The van der Waals surface area contributed by atoms with Gasteiger partial charge < -0.3 is 23.9 Å². The maximum absolute atomic E-state index is 12.3. The first-order chi connectivity index (χ1) is 19.2. The molecule has 1 aromatic heterocycles. The molecule has 0 saturated carbocycles. The summed E-state index contributed by atoms with van der Waals surface area (Å²) in [4.78, 5) is 15.5. The third-order valence-electron chi connectivity index (χ3n) is 6.92. The van der Waals surface area contributed by atoms with Crippen LogP contribution in [0.3, 0.4) is 0 Å². The summed E-state index contributed by atoms with van der Waals surface area (Å²) in [6.07, 6.45) is 2.98. The molecule has 0 spiro atoms. The maximum Gasteiger partial charge on any atom is 0.222 e. The second-order valence-corrected chi connectivity index (χ2v) is 9.72. The van der Waals surface area contributed by atoms with Gasteiger partial charge in [-0.3, -0.25) is 4.79 Å². The summed E-state index contributed by atoms with van der Waals surface area (Å²) in [5, 5.41) is 0. The molecule has 6 nitrogen and oxygen atoms in total. The van der Waals surface area contributed by atoms with Crippen LogP contribution in [-0.2, 0) is 37.9 Å². The van der Waals surface area contributed by atoms with E-state index < -0.39 is 11.9 Å². The zero-order valence-electron chi connectivity index (χ0n) is 22.0. The number of benzene rings is 3. The Morgan fingerprint density at radius 3 is 2.23 bits per heavy atom. The Balaban J connectivity index is 1.41. The summed E-state index contributed by atoms with van der Waals surface area (Å²) in [7, 11) is 0. The predicted molar refractivity (Wildman–Crippen MR) is 150 cm³/mol. The van der Waals surface area contributed by atoms with Crippen molar-refractivity contribution in [1.82, 2.24) is 4.98 Å². The first kappa shape index (κ1) is 27.0. The Hall–Kier alpha value is -3.55. The Labute approximate surface area is 229 Å². The standard InChI is InChI=1S/C33H35NO5/c35-29-18-20-34-30(23-29)31(19-22-36-24-26-11-4-1-5-12-26)39-33(28-15-8-3-9-16-28)32(17-10-21-38-33)37-25-27-13-6-2-7-14-27/h1-9,11-16,18,20,23,31-32H,10,17,19,21-22,24-25H2,(H,34,35). The van der Waals surface area contributed by atoms with Crippen LogP contribution in [0.15, 0.2) is 114 Å². The molecule has 1 fully saturated rings. The lowest BCUT2D eigenvalue weighted by Crippen LogP contribution is -2.50. The molecule has 0 radical (unpaired) electrons. The van der Waals surface area contributed by atoms with Crippen molar-refractivity contribution in [3.05, 3.63) is 142 Å². The molecule has 5 rings (SSSR count).